The van der Waals surface area contributed by atoms with Crippen molar-refractivity contribution >= 4 is 0 Å². The van der Waals surface area contributed by atoms with Crippen LogP contribution in [0.2, 0.25) is 0 Å². The summed E-state index contributed by atoms with van der Waals surface area (Å²) < 4.78 is 42.0. The number of benzene rings is 1. The largest absolute Gasteiger partial charge is 0.573 e. The van der Waals surface area contributed by atoms with Crippen molar-refractivity contribution in [2.75, 3.05) is 0 Å². The zero-order valence-corrected chi connectivity index (χ0v) is 11.0. The number of halogens is 3. The number of alkyl halides is 3. The van der Waals surface area contributed by atoms with Gasteiger partial charge in [0.1, 0.15) is 11.6 Å². The first-order valence-electron chi connectivity index (χ1n) is 6.32. The molecule has 0 saturated carbocycles. The zero-order valence-electron chi connectivity index (χ0n) is 11.0. The molecule has 0 bridgehead atoms. The number of aromatic nitrogens is 2. The molecular formula is C14H15F3N2O. The van der Waals surface area contributed by atoms with Crippen molar-refractivity contribution in [1.29, 1.82) is 0 Å². The highest BCUT2D eigenvalue weighted by Gasteiger charge is 2.30. The van der Waals surface area contributed by atoms with Crippen molar-refractivity contribution in [3.05, 3.63) is 48.0 Å². The molecule has 0 fully saturated rings. The Morgan fingerprint density at radius 2 is 1.90 bits per heavy atom. The highest BCUT2D eigenvalue weighted by molar-refractivity contribution is 5.27. The number of aryl methyl sites for hydroxylation is 1. The third-order valence-electron chi connectivity index (χ3n) is 2.79. The molecule has 0 spiro atoms. The average molecular weight is 284 g/mol. The molecule has 0 atom stereocenters. The van der Waals surface area contributed by atoms with E-state index in [9.17, 15) is 13.2 Å². The Morgan fingerprint density at radius 3 is 2.50 bits per heavy atom. The standard InChI is InChI=1S/C14H15F3N2O/c1-2-3-13-18-8-9-19(13)10-11-4-6-12(7-5-11)20-14(15,16)17/h4-9H,2-3,10H2,1H3. The maximum Gasteiger partial charge on any atom is 0.573 e. The summed E-state index contributed by atoms with van der Waals surface area (Å²) in [7, 11) is 0. The minimum atomic E-state index is -4.65. The van der Waals surface area contributed by atoms with Crippen LogP contribution in [-0.2, 0) is 13.0 Å². The zero-order chi connectivity index (χ0) is 14.6. The Kier molecular flexibility index (Phi) is 4.32. The van der Waals surface area contributed by atoms with Crippen LogP contribution in [0.1, 0.15) is 24.7 Å². The SMILES string of the molecule is CCCc1nccn1Cc1ccc(OC(F)(F)F)cc1. The minimum absolute atomic E-state index is 0.208. The second kappa shape index (κ2) is 5.98. The van der Waals surface area contributed by atoms with Crippen molar-refractivity contribution in [2.24, 2.45) is 0 Å². The van der Waals surface area contributed by atoms with E-state index in [4.69, 9.17) is 0 Å². The molecule has 1 aromatic heterocycles. The van der Waals surface area contributed by atoms with E-state index in [1.165, 1.54) is 12.1 Å². The Bertz CT molecular complexity index is 546. The van der Waals surface area contributed by atoms with Gasteiger partial charge in [0.05, 0.1) is 0 Å². The van der Waals surface area contributed by atoms with Gasteiger partial charge in [0.15, 0.2) is 0 Å². The predicted molar refractivity (Wildman–Crippen MR) is 68.4 cm³/mol. The van der Waals surface area contributed by atoms with Crippen molar-refractivity contribution in [2.45, 2.75) is 32.7 Å². The summed E-state index contributed by atoms with van der Waals surface area (Å²) in [6, 6.07) is 5.88. The van der Waals surface area contributed by atoms with Crippen LogP contribution in [0, 0.1) is 0 Å². The molecule has 0 radical (unpaired) electrons. The van der Waals surface area contributed by atoms with Crippen LogP contribution in [0.5, 0.6) is 5.75 Å². The molecular weight excluding hydrogens is 269 g/mol. The summed E-state index contributed by atoms with van der Waals surface area (Å²) in [5.41, 5.74) is 0.898. The van der Waals surface area contributed by atoms with Gasteiger partial charge < -0.3 is 9.30 Å². The predicted octanol–water partition coefficient (Wildman–Crippen LogP) is 3.78. The molecule has 0 aliphatic carbocycles. The fraction of sp³-hybridized carbons (Fsp3) is 0.357. The second-order valence-electron chi connectivity index (χ2n) is 4.41. The van der Waals surface area contributed by atoms with Gasteiger partial charge in [0.2, 0.25) is 0 Å². The first-order chi connectivity index (χ1) is 9.48. The number of hydrogen-bond donors (Lipinski definition) is 0. The highest BCUT2D eigenvalue weighted by atomic mass is 19.4. The van der Waals surface area contributed by atoms with Gasteiger partial charge in [0.25, 0.3) is 0 Å². The summed E-state index contributed by atoms with van der Waals surface area (Å²) >= 11 is 0. The van der Waals surface area contributed by atoms with Gasteiger partial charge in [0, 0.05) is 25.4 Å². The molecule has 0 aliphatic rings. The van der Waals surface area contributed by atoms with E-state index in [0.717, 1.165) is 24.2 Å². The third-order valence-corrected chi connectivity index (χ3v) is 2.79. The van der Waals surface area contributed by atoms with E-state index in [-0.39, 0.29) is 5.75 Å². The number of ether oxygens (including phenoxy) is 1. The summed E-state index contributed by atoms with van der Waals surface area (Å²) in [6.45, 7) is 2.66. The molecule has 0 aliphatic heterocycles. The van der Waals surface area contributed by atoms with E-state index in [0.29, 0.717) is 6.54 Å². The third kappa shape index (κ3) is 4.01. The van der Waals surface area contributed by atoms with Crippen LogP contribution in [-0.4, -0.2) is 15.9 Å². The molecule has 3 nitrogen and oxygen atoms in total. The molecule has 2 rings (SSSR count). The molecule has 0 N–H and O–H groups in total. The molecule has 1 heterocycles. The maximum atomic E-state index is 12.1. The molecule has 0 amide bonds. The first kappa shape index (κ1) is 14.4. The Hall–Kier alpha value is -1.98. The maximum absolute atomic E-state index is 12.1. The molecule has 0 saturated heterocycles. The van der Waals surface area contributed by atoms with E-state index in [1.54, 1.807) is 18.3 Å². The fourth-order valence-electron chi connectivity index (χ4n) is 1.93. The lowest BCUT2D eigenvalue weighted by molar-refractivity contribution is -0.274. The second-order valence-corrected chi connectivity index (χ2v) is 4.41. The summed E-state index contributed by atoms with van der Waals surface area (Å²) in [5, 5.41) is 0. The molecule has 2 aromatic rings. The number of hydrogen-bond acceptors (Lipinski definition) is 2. The van der Waals surface area contributed by atoms with Crippen molar-refractivity contribution in [1.82, 2.24) is 9.55 Å². The summed E-state index contributed by atoms with van der Waals surface area (Å²) in [5.74, 6) is 0.767. The number of nitrogens with zero attached hydrogens (tertiary/aromatic N) is 2. The van der Waals surface area contributed by atoms with E-state index in [1.807, 2.05) is 10.8 Å². The summed E-state index contributed by atoms with van der Waals surface area (Å²) in [6.07, 6.45) is 0.815. The van der Waals surface area contributed by atoms with Crippen molar-refractivity contribution < 1.29 is 17.9 Å². The van der Waals surface area contributed by atoms with Gasteiger partial charge in [-0.05, 0) is 24.1 Å². The summed E-state index contributed by atoms with van der Waals surface area (Å²) in [4.78, 5) is 4.26. The Morgan fingerprint density at radius 1 is 1.20 bits per heavy atom. The molecule has 6 heteroatoms. The fourth-order valence-corrected chi connectivity index (χ4v) is 1.93. The lowest BCUT2D eigenvalue weighted by Gasteiger charge is -2.10. The van der Waals surface area contributed by atoms with Gasteiger partial charge in [-0.1, -0.05) is 19.1 Å². The lowest BCUT2D eigenvalue weighted by Crippen LogP contribution is -2.17. The normalized spacial score (nSPS) is 11.6. The van der Waals surface area contributed by atoms with Gasteiger partial charge in [-0.3, -0.25) is 0 Å². The Labute approximate surface area is 115 Å². The van der Waals surface area contributed by atoms with Gasteiger partial charge in [-0.25, -0.2) is 4.98 Å². The quantitative estimate of drug-likeness (QED) is 0.835. The van der Waals surface area contributed by atoms with E-state index in [2.05, 4.69) is 16.6 Å². The van der Waals surface area contributed by atoms with Crippen LogP contribution < -0.4 is 4.74 Å². The van der Waals surface area contributed by atoms with Gasteiger partial charge in [-0.2, -0.15) is 0 Å². The van der Waals surface area contributed by atoms with Crippen molar-refractivity contribution in [3.63, 3.8) is 0 Å². The van der Waals surface area contributed by atoms with Gasteiger partial charge in [-0.15, -0.1) is 13.2 Å². The van der Waals surface area contributed by atoms with E-state index < -0.39 is 6.36 Å². The van der Waals surface area contributed by atoms with Crippen LogP contribution in [0.25, 0.3) is 0 Å². The van der Waals surface area contributed by atoms with Crippen LogP contribution in [0.15, 0.2) is 36.7 Å². The molecule has 20 heavy (non-hydrogen) atoms. The van der Waals surface area contributed by atoms with Crippen molar-refractivity contribution in [3.8, 4) is 5.75 Å². The minimum Gasteiger partial charge on any atom is -0.406 e. The lowest BCUT2D eigenvalue weighted by atomic mass is 10.2. The average Bonchev–Trinajstić information content (AvgIpc) is 2.78. The number of rotatable bonds is 5. The topological polar surface area (TPSA) is 27.1 Å². The smallest absolute Gasteiger partial charge is 0.406 e. The molecule has 108 valence electrons. The number of imidazole rings is 1. The van der Waals surface area contributed by atoms with Crippen LogP contribution in [0.4, 0.5) is 13.2 Å². The Balaban J connectivity index is 2.05. The molecule has 1 aromatic carbocycles. The monoisotopic (exact) mass is 284 g/mol. The highest BCUT2D eigenvalue weighted by Crippen LogP contribution is 2.23. The van der Waals surface area contributed by atoms with Crippen LogP contribution in [0.3, 0.4) is 0 Å². The first-order valence-corrected chi connectivity index (χ1v) is 6.32. The van der Waals surface area contributed by atoms with Crippen LogP contribution >= 0.6 is 0 Å². The van der Waals surface area contributed by atoms with Gasteiger partial charge >= 0.3 is 6.36 Å². The van der Waals surface area contributed by atoms with E-state index >= 15 is 0 Å². The molecule has 0 unspecified atom stereocenters.